The zero-order valence-electron chi connectivity index (χ0n) is 7.76. The number of nitrogens with zero attached hydrogens (tertiary/aromatic N) is 2. The van der Waals surface area contributed by atoms with E-state index in [0.29, 0.717) is 5.88 Å². The average Bonchev–Trinajstić information content (AvgIpc) is 2.19. The highest BCUT2D eigenvalue weighted by molar-refractivity contribution is 6.17. The highest BCUT2D eigenvalue weighted by atomic mass is 35.5. The van der Waals surface area contributed by atoms with Gasteiger partial charge >= 0.3 is 0 Å². The summed E-state index contributed by atoms with van der Waals surface area (Å²) in [5.41, 5.74) is 1.06. The number of anilines is 1. The molecule has 0 atom stereocenters. The molecular weight excluding hydrogens is 186 g/mol. The first-order valence-electron chi connectivity index (χ1n) is 4.47. The van der Waals surface area contributed by atoms with E-state index in [0.717, 1.165) is 30.9 Å². The molecule has 72 valence electrons. The first kappa shape index (κ1) is 10.3. The Morgan fingerprint density at radius 2 is 2.31 bits per heavy atom. The van der Waals surface area contributed by atoms with Crippen molar-refractivity contribution in [2.75, 3.05) is 17.7 Å². The van der Waals surface area contributed by atoms with E-state index in [4.69, 9.17) is 11.6 Å². The lowest BCUT2D eigenvalue weighted by Gasteiger charge is -2.04. The third-order valence-corrected chi connectivity index (χ3v) is 1.97. The minimum atomic E-state index is 0.679. The van der Waals surface area contributed by atoms with Crippen molar-refractivity contribution in [2.24, 2.45) is 0 Å². The molecule has 0 bridgehead atoms. The lowest BCUT2D eigenvalue weighted by molar-refractivity contribution is 0.952. The van der Waals surface area contributed by atoms with Gasteiger partial charge in [-0.2, -0.15) is 0 Å². The molecule has 0 aromatic carbocycles. The Labute approximate surface area is 83.5 Å². The van der Waals surface area contributed by atoms with Crippen LogP contribution in [0.25, 0.3) is 0 Å². The Bertz CT molecular complexity index is 252. The minimum Gasteiger partial charge on any atom is -0.370 e. The Kier molecular flexibility index (Phi) is 4.54. The summed E-state index contributed by atoms with van der Waals surface area (Å²) in [6, 6.07) is 1.97. The monoisotopic (exact) mass is 199 g/mol. The lowest BCUT2D eigenvalue weighted by Crippen LogP contribution is -2.04. The maximum absolute atomic E-state index is 5.55. The van der Waals surface area contributed by atoms with Crippen LogP contribution >= 0.6 is 11.6 Å². The lowest BCUT2D eigenvalue weighted by atomic mass is 10.3. The summed E-state index contributed by atoms with van der Waals surface area (Å²) >= 11 is 5.55. The van der Waals surface area contributed by atoms with Gasteiger partial charge in [-0.15, -0.1) is 11.6 Å². The van der Waals surface area contributed by atoms with Gasteiger partial charge in [0.1, 0.15) is 12.1 Å². The van der Waals surface area contributed by atoms with Gasteiger partial charge < -0.3 is 5.32 Å². The second-order valence-electron chi connectivity index (χ2n) is 2.72. The molecule has 0 aliphatic heterocycles. The summed E-state index contributed by atoms with van der Waals surface area (Å²) in [6.07, 6.45) is 3.47. The van der Waals surface area contributed by atoms with Crippen molar-refractivity contribution in [2.45, 2.75) is 19.8 Å². The smallest absolute Gasteiger partial charge is 0.129 e. The second-order valence-corrected chi connectivity index (χ2v) is 3.10. The zero-order chi connectivity index (χ0) is 9.52. The molecule has 4 heteroatoms. The van der Waals surface area contributed by atoms with Crippen LogP contribution in [0.4, 0.5) is 5.82 Å². The number of aryl methyl sites for hydroxylation is 1. The summed E-state index contributed by atoms with van der Waals surface area (Å²) < 4.78 is 0. The van der Waals surface area contributed by atoms with Gasteiger partial charge in [-0.3, -0.25) is 0 Å². The van der Waals surface area contributed by atoms with Gasteiger partial charge in [0.05, 0.1) is 0 Å². The van der Waals surface area contributed by atoms with Crippen molar-refractivity contribution in [1.29, 1.82) is 0 Å². The molecule has 1 aromatic rings. The van der Waals surface area contributed by atoms with Crippen LogP contribution in [0, 0.1) is 0 Å². The molecule has 0 saturated heterocycles. The number of aromatic nitrogens is 2. The molecule has 0 aliphatic carbocycles. The summed E-state index contributed by atoms with van der Waals surface area (Å²) in [4.78, 5) is 8.20. The van der Waals surface area contributed by atoms with Crippen LogP contribution in [0.1, 0.15) is 19.0 Å². The van der Waals surface area contributed by atoms with Gasteiger partial charge in [0, 0.05) is 24.2 Å². The van der Waals surface area contributed by atoms with Gasteiger partial charge in [0.25, 0.3) is 0 Å². The van der Waals surface area contributed by atoms with Crippen molar-refractivity contribution in [3.63, 3.8) is 0 Å². The largest absolute Gasteiger partial charge is 0.370 e. The van der Waals surface area contributed by atoms with Gasteiger partial charge in [0.2, 0.25) is 0 Å². The molecule has 0 radical (unpaired) electrons. The second kappa shape index (κ2) is 5.75. The first-order chi connectivity index (χ1) is 6.36. The van der Waals surface area contributed by atoms with E-state index in [2.05, 4.69) is 22.2 Å². The molecule has 0 aliphatic rings. The molecule has 0 unspecified atom stereocenters. The van der Waals surface area contributed by atoms with E-state index in [1.165, 1.54) is 0 Å². The van der Waals surface area contributed by atoms with E-state index in [1.54, 1.807) is 6.33 Å². The van der Waals surface area contributed by atoms with Gasteiger partial charge in [-0.1, -0.05) is 6.92 Å². The van der Waals surface area contributed by atoms with Crippen molar-refractivity contribution in [3.05, 3.63) is 18.1 Å². The number of rotatable bonds is 5. The van der Waals surface area contributed by atoms with Crippen LogP contribution in [0.3, 0.4) is 0 Å². The van der Waals surface area contributed by atoms with Crippen molar-refractivity contribution in [1.82, 2.24) is 9.97 Å². The molecule has 0 spiro atoms. The molecule has 13 heavy (non-hydrogen) atoms. The van der Waals surface area contributed by atoms with Crippen molar-refractivity contribution >= 4 is 17.4 Å². The van der Waals surface area contributed by atoms with E-state index in [-0.39, 0.29) is 0 Å². The third-order valence-electron chi connectivity index (χ3n) is 1.70. The van der Waals surface area contributed by atoms with Gasteiger partial charge in [0.15, 0.2) is 0 Å². The summed E-state index contributed by atoms with van der Waals surface area (Å²) in [5.74, 6) is 1.57. The highest BCUT2D eigenvalue weighted by Crippen LogP contribution is 2.04. The molecule has 0 saturated carbocycles. The summed E-state index contributed by atoms with van der Waals surface area (Å²) in [5, 5.41) is 3.18. The fraction of sp³-hybridized carbons (Fsp3) is 0.556. The maximum Gasteiger partial charge on any atom is 0.129 e. The first-order valence-corrected chi connectivity index (χ1v) is 5.01. The predicted molar refractivity (Wildman–Crippen MR) is 55.2 cm³/mol. The molecule has 1 N–H and O–H groups in total. The number of hydrogen-bond donors (Lipinski definition) is 1. The molecule has 0 fully saturated rings. The SMILES string of the molecule is CCc1cc(NCCCCl)ncn1. The van der Waals surface area contributed by atoms with Crippen molar-refractivity contribution in [3.8, 4) is 0 Å². The van der Waals surface area contributed by atoms with Crippen LogP contribution in [0.5, 0.6) is 0 Å². The fourth-order valence-electron chi connectivity index (χ4n) is 0.971. The van der Waals surface area contributed by atoms with Crippen LogP contribution in [0.2, 0.25) is 0 Å². The Morgan fingerprint density at radius 1 is 1.46 bits per heavy atom. The maximum atomic E-state index is 5.55. The fourth-order valence-corrected chi connectivity index (χ4v) is 1.10. The number of alkyl halides is 1. The van der Waals surface area contributed by atoms with Crippen LogP contribution in [0.15, 0.2) is 12.4 Å². The number of nitrogens with one attached hydrogen (secondary N) is 1. The molecule has 0 amide bonds. The summed E-state index contributed by atoms with van der Waals surface area (Å²) in [6.45, 7) is 2.94. The van der Waals surface area contributed by atoms with Crippen LogP contribution in [-0.2, 0) is 6.42 Å². The molecule has 1 rings (SSSR count). The Balaban J connectivity index is 2.46. The highest BCUT2D eigenvalue weighted by Gasteiger charge is 1.95. The standard InChI is InChI=1S/C9H14ClN3/c1-2-8-6-9(13-7-12-8)11-5-3-4-10/h6-7H,2-5H2,1H3,(H,11,12,13). The van der Waals surface area contributed by atoms with Gasteiger partial charge in [-0.25, -0.2) is 9.97 Å². The topological polar surface area (TPSA) is 37.8 Å². The minimum absolute atomic E-state index is 0.679. The van der Waals surface area contributed by atoms with Gasteiger partial charge in [-0.05, 0) is 12.8 Å². The van der Waals surface area contributed by atoms with E-state index in [1.807, 2.05) is 6.07 Å². The van der Waals surface area contributed by atoms with Crippen LogP contribution < -0.4 is 5.32 Å². The quantitative estimate of drug-likeness (QED) is 0.583. The number of halogens is 1. The molecule has 3 nitrogen and oxygen atoms in total. The van der Waals surface area contributed by atoms with E-state index >= 15 is 0 Å². The molecule has 1 heterocycles. The van der Waals surface area contributed by atoms with E-state index in [9.17, 15) is 0 Å². The zero-order valence-corrected chi connectivity index (χ0v) is 8.51. The number of hydrogen-bond acceptors (Lipinski definition) is 3. The normalized spacial score (nSPS) is 10.0. The van der Waals surface area contributed by atoms with Crippen molar-refractivity contribution < 1.29 is 0 Å². The third kappa shape index (κ3) is 3.59. The van der Waals surface area contributed by atoms with E-state index < -0.39 is 0 Å². The molecule has 1 aromatic heterocycles. The average molecular weight is 200 g/mol. The Morgan fingerprint density at radius 3 is 3.00 bits per heavy atom. The summed E-state index contributed by atoms with van der Waals surface area (Å²) in [7, 11) is 0. The predicted octanol–water partition coefficient (Wildman–Crippen LogP) is 2.08. The molecular formula is C9H14ClN3. The van der Waals surface area contributed by atoms with Crippen LogP contribution in [-0.4, -0.2) is 22.4 Å². The Hall–Kier alpha value is -0.830.